The summed E-state index contributed by atoms with van der Waals surface area (Å²) in [5.41, 5.74) is 1.65. The number of rotatable bonds is 8. The number of hydrogen-bond donors (Lipinski definition) is 1. The van der Waals surface area contributed by atoms with E-state index in [1.54, 1.807) is 17.8 Å². The van der Waals surface area contributed by atoms with Gasteiger partial charge in [0.25, 0.3) is 0 Å². The molecule has 0 amide bonds. The minimum atomic E-state index is -3.82. The van der Waals surface area contributed by atoms with Crippen LogP contribution in [-0.4, -0.2) is 41.9 Å². The summed E-state index contributed by atoms with van der Waals surface area (Å²) in [5, 5.41) is 4.29. The van der Waals surface area contributed by atoms with Gasteiger partial charge in [-0.05, 0) is 73.9 Å². The SMILES string of the molecule is CCOC(=O)Cn1ncc2c1CCCC2NS(=O)(=O)c1cnc(OC2CCCC2)c(Br)c1. The molecule has 2 aromatic heterocycles. The average molecular weight is 527 g/mol. The Hall–Kier alpha value is -1.98. The molecule has 1 fully saturated rings. The van der Waals surface area contributed by atoms with Crippen LogP contribution in [0.15, 0.2) is 27.8 Å². The molecule has 32 heavy (non-hydrogen) atoms. The maximum absolute atomic E-state index is 13.1. The molecule has 0 radical (unpaired) electrons. The highest BCUT2D eigenvalue weighted by atomic mass is 79.9. The number of hydrogen-bond acceptors (Lipinski definition) is 7. The van der Waals surface area contributed by atoms with Crippen molar-refractivity contribution in [1.29, 1.82) is 0 Å². The highest BCUT2D eigenvalue weighted by molar-refractivity contribution is 9.10. The van der Waals surface area contributed by atoms with Crippen molar-refractivity contribution in [2.24, 2.45) is 0 Å². The maximum atomic E-state index is 13.1. The molecular formula is C21H27BrN4O5S. The van der Waals surface area contributed by atoms with E-state index in [0.717, 1.165) is 49.8 Å². The van der Waals surface area contributed by atoms with Crippen LogP contribution in [0.4, 0.5) is 0 Å². The first-order chi connectivity index (χ1) is 15.4. The van der Waals surface area contributed by atoms with E-state index in [0.29, 0.717) is 23.4 Å². The largest absolute Gasteiger partial charge is 0.474 e. The zero-order chi connectivity index (χ0) is 22.7. The molecule has 0 spiro atoms. The molecule has 0 saturated heterocycles. The Labute approximate surface area is 196 Å². The topological polar surface area (TPSA) is 112 Å². The molecule has 0 aliphatic heterocycles. The Morgan fingerprint density at radius 3 is 2.75 bits per heavy atom. The Bertz CT molecular complexity index is 1080. The van der Waals surface area contributed by atoms with Gasteiger partial charge in [-0.15, -0.1) is 0 Å². The molecule has 9 nitrogen and oxygen atoms in total. The molecule has 2 aliphatic carbocycles. The van der Waals surface area contributed by atoms with Crippen LogP contribution in [-0.2, 0) is 32.5 Å². The molecule has 2 aromatic rings. The predicted molar refractivity (Wildman–Crippen MR) is 120 cm³/mol. The van der Waals surface area contributed by atoms with Crippen LogP contribution < -0.4 is 9.46 Å². The van der Waals surface area contributed by atoms with E-state index in [1.807, 2.05) is 0 Å². The second-order valence-corrected chi connectivity index (χ2v) is 10.6. The number of esters is 1. The van der Waals surface area contributed by atoms with Gasteiger partial charge in [0.2, 0.25) is 15.9 Å². The van der Waals surface area contributed by atoms with Crippen molar-refractivity contribution in [3.05, 3.63) is 34.2 Å². The number of sulfonamides is 1. The first kappa shape index (κ1) is 23.2. The van der Waals surface area contributed by atoms with Gasteiger partial charge in [0.1, 0.15) is 17.5 Å². The van der Waals surface area contributed by atoms with Crippen molar-refractivity contribution in [2.75, 3.05) is 6.61 Å². The van der Waals surface area contributed by atoms with Crippen LogP contribution in [0.3, 0.4) is 0 Å². The number of halogens is 1. The van der Waals surface area contributed by atoms with Crippen LogP contribution in [0.25, 0.3) is 0 Å². The van der Waals surface area contributed by atoms with Gasteiger partial charge < -0.3 is 9.47 Å². The summed E-state index contributed by atoms with van der Waals surface area (Å²) in [6, 6.07) is 1.10. The van der Waals surface area contributed by atoms with Gasteiger partial charge in [0.15, 0.2) is 0 Å². The average Bonchev–Trinajstić information content (AvgIpc) is 3.40. The number of nitrogens with one attached hydrogen (secondary N) is 1. The number of pyridine rings is 1. The van der Waals surface area contributed by atoms with E-state index in [4.69, 9.17) is 9.47 Å². The lowest BCUT2D eigenvalue weighted by Crippen LogP contribution is -2.31. The Morgan fingerprint density at radius 2 is 2.03 bits per heavy atom. The third-order valence-corrected chi connectivity index (χ3v) is 7.82. The molecule has 2 heterocycles. The predicted octanol–water partition coefficient (Wildman–Crippen LogP) is 3.28. The van der Waals surface area contributed by atoms with Crippen LogP contribution in [0, 0.1) is 0 Å². The number of carbonyl (C=O) groups excluding carboxylic acids is 1. The number of aromatic nitrogens is 3. The molecular weight excluding hydrogens is 500 g/mol. The van der Waals surface area contributed by atoms with Gasteiger partial charge in [-0.25, -0.2) is 18.1 Å². The van der Waals surface area contributed by atoms with Crippen LogP contribution in [0.5, 0.6) is 5.88 Å². The molecule has 1 unspecified atom stereocenters. The molecule has 1 atom stereocenters. The minimum Gasteiger partial charge on any atom is -0.474 e. The second-order valence-electron chi connectivity index (χ2n) is 8.06. The first-order valence-electron chi connectivity index (χ1n) is 10.9. The normalized spacial score (nSPS) is 19.0. The van der Waals surface area contributed by atoms with Gasteiger partial charge >= 0.3 is 5.97 Å². The lowest BCUT2D eigenvalue weighted by atomic mass is 9.94. The molecule has 2 aliphatic rings. The second kappa shape index (κ2) is 9.88. The zero-order valence-electron chi connectivity index (χ0n) is 17.9. The fourth-order valence-corrected chi connectivity index (χ4v) is 6.08. The fourth-order valence-electron chi connectivity index (χ4n) is 4.27. The van der Waals surface area contributed by atoms with E-state index in [1.165, 1.54) is 12.3 Å². The number of ether oxygens (including phenoxy) is 2. The molecule has 0 aromatic carbocycles. The Balaban J connectivity index is 1.49. The standard InChI is InChI=1S/C21H27BrN4O5S/c1-2-30-20(27)13-26-19-9-5-8-18(16(19)12-24-26)25-32(28,29)15-10-17(22)21(23-11-15)31-14-6-3-4-7-14/h10-12,14,18,25H,2-9,13H2,1H3. The van der Waals surface area contributed by atoms with E-state index in [9.17, 15) is 13.2 Å². The minimum absolute atomic E-state index is 0.0158. The summed E-state index contributed by atoms with van der Waals surface area (Å²) in [7, 11) is -3.82. The molecule has 1 saturated carbocycles. The zero-order valence-corrected chi connectivity index (χ0v) is 20.3. The molecule has 0 bridgehead atoms. The van der Waals surface area contributed by atoms with Crippen LogP contribution >= 0.6 is 15.9 Å². The van der Waals surface area contributed by atoms with Gasteiger partial charge in [0.05, 0.1) is 29.5 Å². The fraction of sp³-hybridized carbons (Fsp3) is 0.571. The summed E-state index contributed by atoms with van der Waals surface area (Å²) in [6.07, 6.45) is 9.50. The van der Waals surface area contributed by atoms with E-state index in [2.05, 4.69) is 30.7 Å². The first-order valence-corrected chi connectivity index (χ1v) is 13.2. The lowest BCUT2D eigenvalue weighted by molar-refractivity contribution is -0.144. The van der Waals surface area contributed by atoms with Crippen LogP contribution in [0.2, 0.25) is 0 Å². The van der Waals surface area contributed by atoms with Crippen molar-refractivity contribution in [1.82, 2.24) is 19.5 Å². The van der Waals surface area contributed by atoms with E-state index in [-0.39, 0.29) is 23.5 Å². The Kier molecular flexibility index (Phi) is 7.16. The van der Waals surface area contributed by atoms with Crippen molar-refractivity contribution in [3.63, 3.8) is 0 Å². The summed E-state index contributed by atoms with van der Waals surface area (Å²) in [6.45, 7) is 2.07. The molecule has 11 heteroatoms. The van der Waals surface area contributed by atoms with Crippen LogP contribution in [0.1, 0.15) is 62.7 Å². The third kappa shape index (κ3) is 5.15. The number of nitrogens with zero attached hydrogens (tertiary/aromatic N) is 3. The quantitative estimate of drug-likeness (QED) is 0.525. The number of carbonyl (C=O) groups is 1. The molecule has 4 rings (SSSR count). The van der Waals surface area contributed by atoms with Crippen molar-refractivity contribution in [3.8, 4) is 5.88 Å². The van der Waals surface area contributed by atoms with Gasteiger partial charge in [-0.2, -0.15) is 5.10 Å². The van der Waals surface area contributed by atoms with Crippen molar-refractivity contribution < 1.29 is 22.7 Å². The monoisotopic (exact) mass is 526 g/mol. The highest BCUT2D eigenvalue weighted by Gasteiger charge is 2.30. The highest BCUT2D eigenvalue weighted by Crippen LogP contribution is 2.33. The Morgan fingerprint density at radius 1 is 1.25 bits per heavy atom. The van der Waals surface area contributed by atoms with Crippen molar-refractivity contribution in [2.45, 2.75) is 75.5 Å². The van der Waals surface area contributed by atoms with Crippen molar-refractivity contribution >= 4 is 31.9 Å². The lowest BCUT2D eigenvalue weighted by Gasteiger charge is -2.24. The summed E-state index contributed by atoms with van der Waals surface area (Å²) in [5.74, 6) is 0.0491. The maximum Gasteiger partial charge on any atom is 0.327 e. The van der Waals surface area contributed by atoms with Gasteiger partial charge in [0, 0.05) is 11.3 Å². The van der Waals surface area contributed by atoms with E-state index < -0.39 is 16.1 Å². The number of fused-ring (bicyclic) bond motifs is 1. The van der Waals surface area contributed by atoms with Gasteiger partial charge in [-0.3, -0.25) is 9.48 Å². The summed E-state index contributed by atoms with van der Waals surface area (Å²) >= 11 is 3.40. The third-order valence-electron chi connectivity index (χ3n) is 5.82. The molecule has 174 valence electrons. The van der Waals surface area contributed by atoms with Gasteiger partial charge in [-0.1, -0.05) is 0 Å². The molecule has 1 N–H and O–H groups in total. The smallest absolute Gasteiger partial charge is 0.327 e. The summed E-state index contributed by atoms with van der Waals surface area (Å²) in [4.78, 5) is 16.2. The van der Waals surface area contributed by atoms with E-state index >= 15 is 0 Å². The summed E-state index contributed by atoms with van der Waals surface area (Å²) < 4.78 is 41.9.